The molecule has 0 spiro atoms. The summed E-state index contributed by atoms with van der Waals surface area (Å²) in [5.41, 5.74) is 4.20. The summed E-state index contributed by atoms with van der Waals surface area (Å²) in [5.74, 6) is 0.0477. The molecule has 3 heterocycles. The Morgan fingerprint density at radius 3 is 2.39 bits per heavy atom. The number of hydrogen-bond acceptors (Lipinski definition) is 3. The van der Waals surface area contributed by atoms with Crippen molar-refractivity contribution in [3.05, 3.63) is 71.7 Å². The predicted molar refractivity (Wildman–Crippen MR) is 121 cm³/mol. The minimum Gasteiger partial charge on any atom is -0.349 e. The largest absolute Gasteiger partial charge is 0.349 e. The van der Waals surface area contributed by atoms with E-state index in [1.807, 2.05) is 11.0 Å². The van der Waals surface area contributed by atoms with Gasteiger partial charge in [0.25, 0.3) is 0 Å². The molecular formula is C25H30N4O2. The van der Waals surface area contributed by atoms with Gasteiger partial charge >= 0.3 is 0 Å². The van der Waals surface area contributed by atoms with Gasteiger partial charge in [-0.3, -0.25) is 9.59 Å². The van der Waals surface area contributed by atoms with Crippen molar-refractivity contribution >= 4 is 17.5 Å². The maximum Gasteiger partial charge on any atom is 0.223 e. The van der Waals surface area contributed by atoms with Crippen molar-refractivity contribution in [2.24, 2.45) is 0 Å². The number of nitrogens with zero attached hydrogens (tertiary/aromatic N) is 4. The Bertz CT molecular complexity index is 1080. The Kier molecular flexibility index (Phi) is 5.81. The Balaban J connectivity index is 1.58. The minimum atomic E-state index is -0.225. The van der Waals surface area contributed by atoms with Crippen LogP contribution >= 0.6 is 0 Å². The minimum absolute atomic E-state index is 0.0102. The second-order valence-electron chi connectivity index (χ2n) is 8.72. The lowest BCUT2D eigenvalue weighted by molar-refractivity contribution is -0.136. The summed E-state index contributed by atoms with van der Waals surface area (Å²) in [7, 11) is 3.44. The first-order valence-corrected chi connectivity index (χ1v) is 10.9. The van der Waals surface area contributed by atoms with Crippen LogP contribution < -0.4 is 0 Å². The fraction of sp³-hybridized carbons (Fsp3) is 0.400. The number of amides is 2. The monoisotopic (exact) mass is 418 g/mol. The van der Waals surface area contributed by atoms with Crippen LogP contribution in [0.25, 0.3) is 5.65 Å². The van der Waals surface area contributed by atoms with E-state index in [0.717, 1.165) is 24.2 Å². The second kappa shape index (κ2) is 8.53. The number of rotatable bonds is 5. The van der Waals surface area contributed by atoms with Crippen LogP contribution in [0.1, 0.15) is 42.5 Å². The second-order valence-corrected chi connectivity index (χ2v) is 8.72. The molecule has 0 bridgehead atoms. The SMILES string of the molecule is Cc1ccc2nc(C3(c4ccccc4)CCN(C(=O)CCC(=O)N(C)C)CC3)cn2c1. The van der Waals surface area contributed by atoms with E-state index in [9.17, 15) is 9.59 Å². The highest BCUT2D eigenvalue weighted by Crippen LogP contribution is 2.41. The van der Waals surface area contributed by atoms with Crippen LogP contribution in [0.3, 0.4) is 0 Å². The lowest BCUT2D eigenvalue weighted by Crippen LogP contribution is -2.46. The molecule has 0 atom stereocenters. The van der Waals surface area contributed by atoms with Gasteiger partial charge in [-0.1, -0.05) is 36.4 Å². The Labute approximate surface area is 183 Å². The molecule has 2 aromatic heterocycles. The van der Waals surface area contributed by atoms with Crippen LogP contribution in [-0.4, -0.2) is 58.2 Å². The zero-order valence-electron chi connectivity index (χ0n) is 18.5. The molecular weight excluding hydrogens is 388 g/mol. The van der Waals surface area contributed by atoms with Gasteiger partial charge in [0.1, 0.15) is 5.65 Å². The standard InChI is InChI=1S/C25H30N4O2/c1-19-9-10-22-26-21(18-29(22)17-19)25(20-7-5-4-6-8-20)13-15-28(16-14-25)24(31)12-11-23(30)27(2)3/h4-10,17-18H,11-16H2,1-3H3. The summed E-state index contributed by atoms with van der Waals surface area (Å²) in [6, 6.07) is 14.6. The molecule has 0 radical (unpaired) electrons. The van der Waals surface area contributed by atoms with Gasteiger partial charge in [-0.25, -0.2) is 4.98 Å². The molecule has 6 nitrogen and oxygen atoms in total. The number of carbonyl (C=O) groups excluding carboxylic acids is 2. The molecule has 0 saturated carbocycles. The molecule has 4 rings (SSSR count). The van der Waals surface area contributed by atoms with E-state index in [0.29, 0.717) is 13.1 Å². The molecule has 1 aliphatic rings. The fourth-order valence-corrected chi connectivity index (χ4v) is 4.52. The van der Waals surface area contributed by atoms with Gasteiger partial charge < -0.3 is 14.2 Å². The van der Waals surface area contributed by atoms with Crippen LogP contribution in [0.4, 0.5) is 0 Å². The molecule has 1 saturated heterocycles. The average Bonchev–Trinajstić information content (AvgIpc) is 3.21. The maximum absolute atomic E-state index is 12.7. The zero-order valence-corrected chi connectivity index (χ0v) is 18.5. The molecule has 6 heteroatoms. The van der Waals surface area contributed by atoms with Crippen molar-refractivity contribution < 1.29 is 9.59 Å². The van der Waals surface area contributed by atoms with Crippen LogP contribution in [0.15, 0.2) is 54.9 Å². The Morgan fingerprint density at radius 1 is 1.00 bits per heavy atom. The molecule has 0 unspecified atom stereocenters. The van der Waals surface area contributed by atoms with Gasteiger partial charge in [0.15, 0.2) is 0 Å². The van der Waals surface area contributed by atoms with E-state index >= 15 is 0 Å². The van der Waals surface area contributed by atoms with Crippen LogP contribution in [0.2, 0.25) is 0 Å². The highest BCUT2D eigenvalue weighted by molar-refractivity contribution is 5.83. The highest BCUT2D eigenvalue weighted by Gasteiger charge is 2.40. The van der Waals surface area contributed by atoms with Crippen molar-refractivity contribution in [2.75, 3.05) is 27.2 Å². The lowest BCUT2D eigenvalue weighted by atomic mass is 9.70. The summed E-state index contributed by atoms with van der Waals surface area (Å²) in [4.78, 5) is 33.0. The number of benzene rings is 1. The van der Waals surface area contributed by atoms with E-state index < -0.39 is 0 Å². The summed E-state index contributed by atoms with van der Waals surface area (Å²) in [6.45, 7) is 3.41. The van der Waals surface area contributed by atoms with E-state index in [-0.39, 0.29) is 30.1 Å². The fourth-order valence-electron chi connectivity index (χ4n) is 4.52. The Morgan fingerprint density at radius 2 is 1.71 bits per heavy atom. The van der Waals surface area contributed by atoms with Gasteiger partial charge in [-0.15, -0.1) is 0 Å². The zero-order chi connectivity index (χ0) is 22.0. The predicted octanol–water partition coefficient (Wildman–Crippen LogP) is 3.42. The normalized spacial score (nSPS) is 15.8. The van der Waals surface area contributed by atoms with E-state index in [2.05, 4.69) is 60.1 Å². The molecule has 162 valence electrons. The summed E-state index contributed by atoms with van der Waals surface area (Å²) >= 11 is 0. The first kappa shape index (κ1) is 21.1. The molecule has 0 N–H and O–H groups in total. The molecule has 2 amide bonds. The van der Waals surface area contributed by atoms with Crippen molar-refractivity contribution in [1.82, 2.24) is 19.2 Å². The van der Waals surface area contributed by atoms with E-state index in [4.69, 9.17) is 4.98 Å². The van der Waals surface area contributed by atoms with Crippen LogP contribution in [-0.2, 0) is 15.0 Å². The van der Waals surface area contributed by atoms with Gasteiger partial charge in [-0.2, -0.15) is 0 Å². The third kappa shape index (κ3) is 4.20. The lowest BCUT2D eigenvalue weighted by Gasteiger charge is -2.41. The maximum atomic E-state index is 12.7. The van der Waals surface area contributed by atoms with Gasteiger partial charge in [0.05, 0.1) is 5.69 Å². The molecule has 3 aromatic rings. The molecule has 0 aliphatic carbocycles. The third-order valence-corrected chi connectivity index (χ3v) is 6.44. The number of fused-ring (bicyclic) bond motifs is 1. The Hall–Kier alpha value is -3.15. The van der Waals surface area contributed by atoms with Gasteiger partial charge in [0, 0.05) is 57.8 Å². The topological polar surface area (TPSA) is 57.9 Å². The third-order valence-electron chi connectivity index (χ3n) is 6.44. The number of likely N-dealkylation sites (tertiary alicyclic amines) is 1. The number of aryl methyl sites for hydroxylation is 1. The number of aromatic nitrogens is 2. The van der Waals surface area contributed by atoms with Crippen molar-refractivity contribution in [1.29, 1.82) is 0 Å². The van der Waals surface area contributed by atoms with Crippen molar-refractivity contribution in [3.8, 4) is 0 Å². The first-order chi connectivity index (χ1) is 14.9. The quantitative estimate of drug-likeness (QED) is 0.638. The van der Waals surface area contributed by atoms with E-state index in [1.54, 1.807) is 14.1 Å². The van der Waals surface area contributed by atoms with Crippen molar-refractivity contribution in [2.45, 2.75) is 38.0 Å². The smallest absolute Gasteiger partial charge is 0.223 e. The average molecular weight is 419 g/mol. The molecule has 1 aromatic carbocycles. The number of pyridine rings is 1. The molecule has 1 aliphatic heterocycles. The number of carbonyl (C=O) groups is 2. The van der Waals surface area contributed by atoms with Crippen molar-refractivity contribution in [3.63, 3.8) is 0 Å². The highest BCUT2D eigenvalue weighted by atomic mass is 16.2. The van der Waals surface area contributed by atoms with Gasteiger partial charge in [0.2, 0.25) is 11.8 Å². The molecule has 1 fully saturated rings. The van der Waals surface area contributed by atoms with E-state index in [1.165, 1.54) is 16.0 Å². The summed E-state index contributed by atoms with van der Waals surface area (Å²) in [6.07, 6.45) is 6.40. The van der Waals surface area contributed by atoms with Crippen LogP contribution in [0, 0.1) is 6.92 Å². The number of hydrogen-bond donors (Lipinski definition) is 0. The summed E-state index contributed by atoms with van der Waals surface area (Å²) in [5, 5.41) is 0. The summed E-state index contributed by atoms with van der Waals surface area (Å²) < 4.78 is 2.10. The van der Waals surface area contributed by atoms with Crippen LogP contribution in [0.5, 0.6) is 0 Å². The number of piperidine rings is 1. The van der Waals surface area contributed by atoms with Gasteiger partial charge in [-0.05, 0) is 37.0 Å². The molecule has 31 heavy (non-hydrogen) atoms. The first-order valence-electron chi connectivity index (χ1n) is 10.9. The number of imidazole rings is 1.